The Bertz CT molecular complexity index is 1870. The maximum atomic E-state index is 4.87. The predicted molar refractivity (Wildman–Crippen MR) is 171 cm³/mol. The average Bonchev–Trinajstić information content (AvgIpc) is 3.09. The lowest BCUT2D eigenvalue weighted by atomic mass is 9.93. The highest BCUT2D eigenvalue weighted by Crippen LogP contribution is 2.34. The fraction of sp³-hybridized carbons (Fsp3) is 0.0263. The van der Waals surface area contributed by atoms with E-state index in [1.807, 2.05) is 60.8 Å². The van der Waals surface area contributed by atoms with E-state index in [0.29, 0.717) is 0 Å². The first kappa shape index (κ1) is 25.4. The van der Waals surface area contributed by atoms with Crippen molar-refractivity contribution in [2.75, 3.05) is 0 Å². The summed E-state index contributed by atoms with van der Waals surface area (Å²) in [5, 5.41) is 3.62. The van der Waals surface area contributed by atoms with Crippen molar-refractivity contribution in [1.29, 1.82) is 0 Å². The molecule has 0 fully saturated rings. The number of nitrogens with zero attached hydrogens (tertiary/aromatic N) is 3. The van der Waals surface area contributed by atoms with Gasteiger partial charge in [0.15, 0.2) is 0 Å². The molecule has 0 aliphatic carbocycles. The number of dihydropyridines is 1. The third-order valence-corrected chi connectivity index (χ3v) is 7.49. The second kappa shape index (κ2) is 11.5. The molecule has 1 aliphatic rings. The van der Waals surface area contributed by atoms with Gasteiger partial charge >= 0.3 is 0 Å². The van der Waals surface area contributed by atoms with Gasteiger partial charge in [0.05, 0.1) is 28.8 Å². The maximum Gasteiger partial charge on any atom is 0.0893 e. The minimum absolute atomic E-state index is 0.0576. The van der Waals surface area contributed by atoms with Crippen molar-refractivity contribution < 1.29 is 0 Å². The molecular formula is C38H28N4. The van der Waals surface area contributed by atoms with E-state index in [2.05, 4.69) is 106 Å². The highest BCUT2D eigenvalue weighted by Gasteiger charge is 2.15. The highest BCUT2D eigenvalue weighted by atomic mass is 15.0. The van der Waals surface area contributed by atoms with Gasteiger partial charge in [0.1, 0.15) is 0 Å². The van der Waals surface area contributed by atoms with Crippen LogP contribution in [0.2, 0.25) is 0 Å². The van der Waals surface area contributed by atoms with Crippen molar-refractivity contribution in [3.05, 3.63) is 169 Å². The Balaban J connectivity index is 1.13. The van der Waals surface area contributed by atoms with Crippen LogP contribution in [0.15, 0.2) is 158 Å². The molecule has 7 rings (SSSR count). The molecule has 1 atom stereocenters. The van der Waals surface area contributed by atoms with E-state index in [1.165, 1.54) is 22.3 Å². The number of hydrogen-bond donors (Lipinski definition) is 1. The molecule has 3 aromatic heterocycles. The van der Waals surface area contributed by atoms with Gasteiger partial charge in [-0.2, -0.15) is 0 Å². The van der Waals surface area contributed by atoms with Crippen LogP contribution in [0.4, 0.5) is 0 Å². The van der Waals surface area contributed by atoms with Crippen molar-refractivity contribution in [2.24, 2.45) is 0 Å². The number of hydrogen-bond acceptors (Lipinski definition) is 4. The first-order chi connectivity index (χ1) is 20.8. The molecule has 4 heterocycles. The fourth-order valence-electron chi connectivity index (χ4n) is 5.33. The van der Waals surface area contributed by atoms with Crippen LogP contribution in [-0.4, -0.2) is 15.0 Å². The SMILES string of the molecule is C1=CC(c2ccccn2)NC(c2ccc(-c3ccccc3-c3ccc(-c4cccc(-c5ccccn5)n4)cc3)cc2)=C1. The first-order valence-electron chi connectivity index (χ1n) is 14.1. The number of benzene rings is 3. The molecule has 0 amide bonds. The molecule has 0 saturated heterocycles. The zero-order chi connectivity index (χ0) is 28.1. The highest BCUT2D eigenvalue weighted by molar-refractivity contribution is 5.85. The van der Waals surface area contributed by atoms with Gasteiger partial charge in [-0.3, -0.25) is 9.97 Å². The van der Waals surface area contributed by atoms with Gasteiger partial charge in [-0.1, -0.05) is 103 Å². The molecule has 0 bridgehead atoms. The molecular weight excluding hydrogens is 512 g/mol. The number of aromatic nitrogens is 3. The Kier molecular flexibility index (Phi) is 6.93. The van der Waals surface area contributed by atoms with Crippen LogP contribution in [0.5, 0.6) is 0 Å². The monoisotopic (exact) mass is 540 g/mol. The second-order valence-electron chi connectivity index (χ2n) is 10.2. The summed E-state index contributed by atoms with van der Waals surface area (Å²) in [6.45, 7) is 0. The summed E-state index contributed by atoms with van der Waals surface area (Å²) in [4.78, 5) is 13.8. The Morgan fingerprint density at radius 1 is 0.476 bits per heavy atom. The Morgan fingerprint density at radius 2 is 1.07 bits per heavy atom. The Hall–Kier alpha value is -5.61. The number of rotatable bonds is 6. The molecule has 4 nitrogen and oxygen atoms in total. The lowest BCUT2D eigenvalue weighted by Gasteiger charge is -2.22. The topological polar surface area (TPSA) is 50.7 Å². The van der Waals surface area contributed by atoms with Crippen LogP contribution in [0, 0.1) is 0 Å². The summed E-state index contributed by atoms with van der Waals surface area (Å²) in [7, 11) is 0. The van der Waals surface area contributed by atoms with Crippen molar-refractivity contribution in [3.8, 4) is 44.9 Å². The number of pyridine rings is 3. The lowest BCUT2D eigenvalue weighted by Crippen LogP contribution is -2.21. The molecule has 0 radical (unpaired) electrons. The molecule has 1 N–H and O–H groups in total. The summed E-state index contributed by atoms with van der Waals surface area (Å²) >= 11 is 0. The predicted octanol–water partition coefficient (Wildman–Crippen LogP) is 8.78. The molecule has 1 unspecified atom stereocenters. The van der Waals surface area contributed by atoms with E-state index in [-0.39, 0.29) is 6.04 Å². The van der Waals surface area contributed by atoms with Gasteiger partial charge in [-0.05, 0) is 70.3 Å². The lowest BCUT2D eigenvalue weighted by molar-refractivity contribution is 0.736. The van der Waals surface area contributed by atoms with E-state index in [4.69, 9.17) is 4.98 Å². The zero-order valence-corrected chi connectivity index (χ0v) is 22.9. The molecule has 6 aromatic rings. The Morgan fingerprint density at radius 3 is 1.74 bits per heavy atom. The molecule has 1 aliphatic heterocycles. The molecule has 0 saturated carbocycles. The molecule has 200 valence electrons. The van der Waals surface area contributed by atoms with E-state index >= 15 is 0 Å². The second-order valence-corrected chi connectivity index (χ2v) is 10.2. The standard InChI is InChI=1S/C38H28N4/c1-2-10-32(28-19-23-30(24-20-28)34-14-8-16-38(42-34)36-12-4-6-26-40-36)31(9-1)27-17-21-29(22-18-27)33-13-7-15-37(41-33)35-11-3-5-25-39-35/h1-26,37,41H. The van der Waals surface area contributed by atoms with Crippen LogP contribution in [0.25, 0.3) is 50.6 Å². The van der Waals surface area contributed by atoms with Gasteiger partial charge in [0, 0.05) is 23.7 Å². The minimum Gasteiger partial charge on any atom is -0.373 e. The van der Waals surface area contributed by atoms with Crippen molar-refractivity contribution in [3.63, 3.8) is 0 Å². The largest absolute Gasteiger partial charge is 0.373 e. The van der Waals surface area contributed by atoms with Gasteiger partial charge in [-0.25, -0.2) is 4.98 Å². The van der Waals surface area contributed by atoms with E-state index in [0.717, 1.165) is 39.6 Å². The van der Waals surface area contributed by atoms with Gasteiger partial charge in [0.2, 0.25) is 0 Å². The fourth-order valence-corrected chi connectivity index (χ4v) is 5.33. The third kappa shape index (κ3) is 5.26. The summed E-state index contributed by atoms with van der Waals surface area (Å²) in [6.07, 6.45) is 9.98. The van der Waals surface area contributed by atoms with E-state index < -0.39 is 0 Å². The maximum absolute atomic E-state index is 4.87. The molecule has 3 aromatic carbocycles. The van der Waals surface area contributed by atoms with Crippen LogP contribution in [0.3, 0.4) is 0 Å². The van der Waals surface area contributed by atoms with Crippen LogP contribution in [-0.2, 0) is 0 Å². The summed E-state index contributed by atoms with van der Waals surface area (Å²) < 4.78 is 0. The minimum atomic E-state index is 0.0576. The van der Waals surface area contributed by atoms with Crippen LogP contribution in [0.1, 0.15) is 17.3 Å². The van der Waals surface area contributed by atoms with Crippen LogP contribution >= 0.6 is 0 Å². The quantitative estimate of drug-likeness (QED) is 0.229. The summed E-state index contributed by atoms with van der Waals surface area (Å²) in [5.41, 5.74) is 11.7. The van der Waals surface area contributed by atoms with Gasteiger partial charge < -0.3 is 5.32 Å². The first-order valence-corrected chi connectivity index (χ1v) is 14.1. The number of allylic oxidation sites excluding steroid dienone is 2. The molecule has 4 heteroatoms. The van der Waals surface area contributed by atoms with Gasteiger partial charge in [-0.15, -0.1) is 0 Å². The average molecular weight is 541 g/mol. The summed E-state index contributed by atoms with van der Waals surface area (Å²) in [5.74, 6) is 0. The van der Waals surface area contributed by atoms with E-state index in [9.17, 15) is 0 Å². The molecule has 42 heavy (non-hydrogen) atoms. The van der Waals surface area contributed by atoms with Crippen molar-refractivity contribution >= 4 is 5.70 Å². The van der Waals surface area contributed by atoms with E-state index in [1.54, 1.807) is 6.20 Å². The van der Waals surface area contributed by atoms with Crippen molar-refractivity contribution in [1.82, 2.24) is 20.3 Å². The summed E-state index contributed by atoms with van der Waals surface area (Å²) in [6, 6.07) is 44.0. The van der Waals surface area contributed by atoms with Crippen LogP contribution < -0.4 is 5.32 Å². The van der Waals surface area contributed by atoms with Crippen molar-refractivity contribution in [2.45, 2.75) is 6.04 Å². The van der Waals surface area contributed by atoms with Gasteiger partial charge in [0.25, 0.3) is 0 Å². The third-order valence-electron chi connectivity index (χ3n) is 7.49. The smallest absolute Gasteiger partial charge is 0.0893 e. The Labute approximate surface area is 245 Å². The zero-order valence-electron chi connectivity index (χ0n) is 22.9. The number of nitrogens with one attached hydrogen (secondary N) is 1. The normalized spacial score (nSPS) is 14.2. The molecule has 0 spiro atoms.